The third-order valence-electron chi connectivity index (χ3n) is 5.96. The van der Waals surface area contributed by atoms with Gasteiger partial charge in [0.1, 0.15) is 0 Å². The summed E-state index contributed by atoms with van der Waals surface area (Å²) in [7, 11) is 0. The van der Waals surface area contributed by atoms with Crippen LogP contribution in [0.4, 0.5) is 0 Å². The highest BCUT2D eigenvalue weighted by Crippen LogP contribution is 2.37. The lowest BCUT2D eigenvalue weighted by molar-refractivity contribution is 0.831. The average molecular weight is 520 g/mol. The fourth-order valence-corrected chi connectivity index (χ4v) is 5.34. The molecule has 0 aliphatic carbocycles. The summed E-state index contributed by atoms with van der Waals surface area (Å²) in [5, 5.41) is 9.65. The molecule has 180 valence electrons. The molecule has 0 spiro atoms. The molecule has 5 nitrogen and oxygen atoms in total. The van der Waals surface area contributed by atoms with Crippen LogP contribution in [-0.4, -0.2) is 14.9 Å². The second-order valence-electron chi connectivity index (χ2n) is 8.44. The fourth-order valence-electron chi connectivity index (χ4n) is 4.14. The zero-order valence-corrected chi connectivity index (χ0v) is 21.3. The van der Waals surface area contributed by atoms with Crippen LogP contribution in [-0.2, 0) is 0 Å². The maximum Gasteiger partial charge on any atom is 0.271 e. The highest BCUT2D eigenvalue weighted by molar-refractivity contribution is 8.00. The summed E-state index contributed by atoms with van der Waals surface area (Å²) in [5.74, 6) is 0. The first-order valence-corrected chi connectivity index (χ1v) is 13.1. The molecule has 2 heterocycles. The smallest absolute Gasteiger partial charge is 0.271 e. The van der Waals surface area contributed by atoms with Crippen LogP contribution in [0.1, 0.15) is 21.9 Å². The average Bonchev–Trinajstić information content (AvgIpc) is 3.36. The van der Waals surface area contributed by atoms with Crippen molar-refractivity contribution in [2.75, 3.05) is 5.43 Å². The Morgan fingerprint density at radius 2 is 1.35 bits per heavy atom. The van der Waals surface area contributed by atoms with Crippen molar-refractivity contribution in [1.82, 2.24) is 14.9 Å². The molecule has 1 aliphatic rings. The van der Waals surface area contributed by atoms with E-state index in [0.29, 0.717) is 11.1 Å². The molecule has 1 aromatic heterocycles. The van der Waals surface area contributed by atoms with Crippen molar-refractivity contribution < 1.29 is 0 Å². The molecule has 1 atom stereocenters. The molecule has 37 heavy (non-hydrogen) atoms. The second-order valence-corrected chi connectivity index (χ2v) is 10.1. The van der Waals surface area contributed by atoms with Gasteiger partial charge < -0.3 is 0 Å². The third kappa shape index (κ3) is 5.07. The van der Waals surface area contributed by atoms with E-state index in [0.717, 1.165) is 38.0 Å². The standard InChI is InChI=1S/C30H22ClN5S/c31-24-16-18-25(19-17-24)37-26(21-10-4-1-5-11-21)20-27-33-34-30-32-28(22-12-6-2-7-13-22)29(35-36(27)30)23-14-8-3-9-15-23/h1-20,26,35H/b27-20-. The van der Waals surface area contributed by atoms with Gasteiger partial charge in [-0.05, 0) is 35.9 Å². The van der Waals surface area contributed by atoms with Crippen molar-refractivity contribution in [3.8, 4) is 0 Å². The minimum Gasteiger partial charge on any atom is -0.287 e. The van der Waals surface area contributed by atoms with Gasteiger partial charge in [-0.25, -0.2) is 4.99 Å². The van der Waals surface area contributed by atoms with Crippen molar-refractivity contribution in [2.24, 2.45) is 4.99 Å². The molecule has 0 saturated heterocycles. The van der Waals surface area contributed by atoms with E-state index >= 15 is 0 Å². The van der Waals surface area contributed by atoms with Gasteiger partial charge in [0.05, 0.1) is 16.6 Å². The van der Waals surface area contributed by atoms with E-state index in [2.05, 4.69) is 58.1 Å². The topological polar surface area (TPSA) is 55.1 Å². The Morgan fingerprint density at radius 3 is 2.03 bits per heavy atom. The Kier molecular flexibility index (Phi) is 6.58. The zero-order valence-electron chi connectivity index (χ0n) is 19.7. The van der Waals surface area contributed by atoms with Crippen LogP contribution in [0.5, 0.6) is 0 Å². The fraction of sp³-hybridized carbons (Fsp3) is 0.0333. The molecule has 6 rings (SSSR count). The van der Waals surface area contributed by atoms with Gasteiger partial charge in [-0.1, -0.05) is 103 Å². The highest BCUT2D eigenvalue weighted by atomic mass is 35.5. The molecule has 0 amide bonds. The van der Waals surface area contributed by atoms with E-state index in [-0.39, 0.29) is 5.25 Å². The van der Waals surface area contributed by atoms with Crippen LogP contribution >= 0.6 is 23.4 Å². The normalized spacial score (nSPS) is 14.0. The Bertz CT molecular complexity index is 1670. The van der Waals surface area contributed by atoms with E-state index in [4.69, 9.17) is 16.6 Å². The van der Waals surface area contributed by atoms with E-state index in [1.807, 2.05) is 83.5 Å². The molecule has 5 aromatic rings. The number of aromatic nitrogens is 3. The molecule has 1 aliphatic heterocycles. The van der Waals surface area contributed by atoms with Crippen LogP contribution in [0.3, 0.4) is 0 Å². The molecular formula is C30H22ClN5S. The van der Waals surface area contributed by atoms with E-state index in [1.54, 1.807) is 11.8 Å². The van der Waals surface area contributed by atoms with Crippen molar-refractivity contribution in [3.63, 3.8) is 0 Å². The largest absolute Gasteiger partial charge is 0.287 e. The van der Waals surface area contributed by atoms with Crippen molar-refractivity contribution in [3.05, 3.63) is 148 Å². The van der Waals surface area contributed by atoms with Crippen LogP contribution in [0.15, 0.2) is 125 Å². The van der Waals surface area contributed by atoms with Gasteiger partial charge in [0.15, 0.2) is 5.48 Å². The van der Waals surface area contributed by atoms with Crippen LogP contribution in [0.2, 0.25) is 5.02 Å². The number of nitrogens with zero attached hydrogens (tertiary/aromatic N) is 4. The molecular weight excluding hydrogens is 498 g/mol. The Labute approximate surface area is 223 Å². The lowest BCUT2D eigenvalue weighted by Gasteiger charge is -2.19. The highest BCUT2D eigenvalue weighted by Gasteiger charge is 2.20. The van der Waals surface area contributed by atoms with Gasteiger partial charge in [0.2, 0.25) is 0 Å². The molecule has 4 aromatic carbocycles. The Balaban J connectivity index is 1.46. The first kappa shape index (κ1) is 23.3. The molecule has 1 N–H and O–H groups in total. The SMILES string of the molecule is Clc1ccc(SC(/C=c2/nnc3n2NC(c2ccccc2)=C(c2ccccc2)N=3)c2ccccc2)cc1. The lowest BCUT2D eigenvalue weighted by atomic mass is 10.1. The number of hydrogen-bond donors (Lipinski definition) is 1. The molecule has 0 fully saturated rings. The lowest BCUT2D eigenvalue weighted by Crippen LogP contribution is -2.38. The van der Waals surface area contributed by atoms with Crippen LogP contribution < -0.4 is 16.5 Å². The van der Waals surface area contributed by atoms with Crippen LogP contribution in [0.25, 0.3) is 17.5 Å². The molecule has 1 unspecified atom stereocenters. The number of nitrogens with one attached hydrogen (secondary N) is 1. The number of fused-ring (bicyclic) bond motifs is 1. The van der Waals surface area contributed by atoms with Gasteiger partial charge in [0, 0.05) is 21.0 Å². The predicted molar refractivity (Wildman–Crippen MR) is 151 cm³/mol. The number of benzene rings is 4. The summed E-state index contributed by atoms with van der Waals surface area (Å²) in [6.07, 6.45) is 2.11. The van der Waals surface area contributed by atoms with Gasteiger partial charge in [-0.3, -0.25) is 5.43 Å². The van der Waals surface area contributed by atoms with E-state index in [9.17, 15) is 0 Å². The van der Waals surface area contributed by atoms with Gasteiger partial charge in [-0.15, -0.1) is 22.0 Å². The first-order chi connectivity index (χ1) is 18.2. The number of rotatable bonds is 6. The van der Waals surface area contributed by atoms with Crippen molar-refractivity contribution in [2.45, 2.75) is 10.1 Å². The summed E-state index contributed by atoms with van der Waals surface area (Å²) in [5.41, 5.74) is 9.69. The monoisotopic (exact) mass is 519 g/mol. The number of thioether (sulfide) groups is 1. The molecule has 0 radical (unpaired) electrons. The summed E-state index contributed by atoms with van der Waals surface area (Å²) >= 11 is 7.85. The predicted octanol–water partition coefficient (Wildman–Crippen LogP) is 5.95. The number of halogens is 1. The molecule has 0 saturated carbocycles. The molecule has 0 bridgehead atoms. The summed E-state index contributed by atoms with van der Waals surface area (Å²) in [6, 6.07) is 38.6. The van der Waals surface area contributed by atoms with Crippen molar-refractivity contribution in [1.29, 1.82) is 0 Å². The summed E-state index contributed by atoms with van der Waals surface area (Å²) in [6.45, 7) is 0. The van der Waals surface area contributed by atoms with Crippen LogP contribution in [0, 0.1) is 0 Å². The maximum atomic E-state index is 6.12. The van der Waals surface area contributed by atoms with Gasteiger partial charge in [-0.2, -0.15) is 4.68 Å². The summed E-state index contributed by atoms with van der Waals surface area (Å²) in [4.78, 5) is 6.05. The third-order valence-corrected chi connectivity index (χ3v) is 7.42. The van der Waals surface area contributed by atoms with Gasteiger partial charge in [0.25, 0.3) is 5.62 Å². The van der Waals surface area contributed by atoms with Gasteiger partial charge >= 0.3 is 0 Å². The maximum absolute atomic E-state index is 6.12. The second kappa shape index (κ2) is 10.5. The molecule has 7 heteroatoms. The number of hydrogen-bond acceptors (Lipinski definition) is 5. The van der Waals surface area contributed by atoms with E-state index < -0.39 is 0 Å². The zero-order chi connectivity index (χ0) is 25.0. The quantitative estimate of drug-likeness (QED) is 0.282. The minimum absolute atomic E-state index is 0.00264. The van der Waals surface area contributed by atoms with E-state index in [1.165, 1.54) is 0 Å². The summed E-state index contributed by atoms with van der Waals surface area (Å²) < 4.78 is 1.85. The Morgan fingerprint density at radius 1 is 0.730 bits per heavy atom. The Hall–Kier alpha value is -4.13. The minimum atomic E-state index is -0.00264. The first-order valence-electron chi connectivity index (χ1n) is 11.9. The van der Waals surface area contributed by atoms with Crippen molar-refractivity contribution >= 4 is 40.8 Å².